The molecular formula is C20H23N3O. The molecule has 1 saturated carbocycles. The molecule has 0 bridgehead atoms. The molecule has 124 valence electrons. The number of nitrogens with zero attached hydrogens (tertiary/aromatic N) is 2. The fourth-order valence-corrected chi connectivity index (χ4v) is 3.08. The van der Waals surface area contributed by atoms with Crippen LogP contribution < -0.4 is 5.32 Å². The number of hydrogen-bond donors (Lipinski definition) is 1. The van der Waals surface area contributed by atoms with Crippen molar-refractivity contribution in [3.05, 3.63) is 54.6 Å². The monoisotopic (exact) mass is 321 g/mol. The van der Waals surface area contributed by atoms with Gasteiger partial charge in [0, 0.05) is 12.1 Å². The summed E-state index contributed by atoms with van der Waals surface area (Å²) in [5.74, 6) is 0.845. The van der Waals surface area contributed by atoms with Gasteiger partial charge < -0.3 is 5.32 Å². The average molecular weight is 321 g/mol. The topological polar surface area (TPSA) is 53.8 Å². The van der Waals surface area contributed by atoms with Crippen LogP contribution >= 0.6 is 0 Å². The number of nitrogens with one attached hydrogen (secondary N) is 1. The van der Waals surface area contributed by atoms with Gasteiger partial charge in [0.25, 0.3) is 0 Å². The van der Waals surface area contributed by atoms with Crippen LogP contribution in [0.1, 0.15) is 38.5 Å². The van der Waals surface area contributed by atoms with Crippen molar-refractivity contribution in [1.82, 2.24) is 0 Å². The number of anilines is 1. The van der Waals surface area contributed by atoms with Gasteiger partial charge in [-0.1, -0.05) is 43.9 Å². The van der Waals surface area contributed by atoms with Gasteiger partial charge in [0.15, 0.2) is 0 Å². The minimum absolute atomic E-state index is 0.0977. The molecule has 1 amide bonds. The van der Waals surface area contributed by atoms with Crippen LogP contribution in [0, 0.1) is 5.92 Å². The first-order valence-corrected chi connectivity index (χ1v) is 8.66. The molecule has 0 unspecified atom stereocenters. The zero-order valence-corrected chi connectivity index (χ0v) is 13.8. The van der Waals surface area contributed by atoms with Crippen LogP contribution in [-0.2, 0) is 4.79 Å². The molecule has 24 heavy (non-hydrogen) atoms. The van der Waals surface area contributed by atoms with Crippen molar-refractivity contribution in [1.29, 1.82) is 0 Å². The lowest BCUT2D eigenvalue weighted by Crippen LogP contribution is -2.12. The van der Waals surface area contributed by atoms with E-state index in [0.717, 1.165) is 29.4 Å². The van der Waals surface area contributed by atoms with Crippen molar-refractivity contribution < 1.29 is 4.79 Å². The number of benzene rings is 2. The Hall–Kier alpha value is -2.49. The lowest BCUT2D eigenvalue weighted by Gasteiger charge is -2.09. The molecule has 0 atom stereocenters. The van der Waals surface area contributed by atoms with E-state index in [1.165, 1.54) is 25.7 Å². The minimum atomic E-state index is 0.0977. The molecule has 1 N–H and O–H groups in total. The molecule has 3 rings (SSSR count). The Kier molecular flexibility index (Phi) is 5.72. The summed E-state index contributed by atoms with van der Waals surface area (Å²) < 4.78 is 0. The van der Waals surface area contributed by atoms with Crippen molar-refractivity contribution in [2.24, 2.45) is 16.1 Å². The van der Waals surface area contributed by atoms with Crippen LogP contribution in [0.3, 0.4) is 0 Å². The van der Waals surface area contributed by atoms with Crippen LogP contribution in [-0.4, -0.2) is 5.91 Å². The second-order valence-corrected chi connectivity index (χ2v) is 6.32. The van der Waals surface area contributed by atoms with E-state index in [-0.39, 0.29) is 5.91 Å². The van der Waals surface area contributed by atoms with E-state index in [9.17, 15) is 4.79 Å². The van der Waals surface area contributed by atoms with Gasteiger partial charge in [0.05, 0.1) is 11.4 Å². The van der Waals surface area contributed by atoms with E-state index in [1.54, 1.807) is 0 Å². The number of carbonyl (C=O) groups is 1. The molecule has 2 aromatic rings. The van der Waals surface area contributed by atoms with Crippen LogP contribution in [0.4, 0.5) is 17.1 Å². The van der Waals surface area contributed by atoms with Gasteiger partial charge in [-0.3, -0.25) is 4.79 Å². The highest BCUT2D eigenvalue weighted by atomic mass is 16.1. The van der Waals surface area contributed by atoms with Crippen molar-refractivity contribution in [2.75, 3.05) is 5.32 Å². The van der Waals surface area contributed by atoms with Crippen LogP contribution in [0.15, 0.2) is 64.8 Å². The van der Waals surface area contributed by atoms with Crippen molar-refractivity contribution >= 4 is 23.0 Å². The number of amides is 1. The Morgan fingerprint density at radius 3 is 2.21 bits per heavy atom. The Bertz CT molecular complexity index is 674. The van der Waals surface area contributed by atoms with Gasteiger partial charge in [0.2, 0.25) is 5.91 Å². The number of carbonyl (C=O) groups excluding carboxylic acids is 1. The fourth-order valence-electron chi connectivity index (χ4n) is 3.08. The summed E-state index contributed by atoms with van der Waals surface area (Å²) in [7, 11) is 0. The van der Waals surface area contributed by atoms with Crippen molar-refractivity contribution in [3.8, 4) is 0 Å². The van der Waals surface area contributed by atoms with Gasteiger partial charge in [-0.15, -0.1) is 0 Å². The van der Waals surface area contributed by atoms with Gasteiger partial charge in [-0.05, 0) is 48.7 Å². The maximum Gasteiger partial charge on any atom is 0.224 e. The first-order valence-electron chi connectivity index (χ1n) is 8.66. The Morgan fingerprint density at radius 1 is 0.917 bits per heavy atom. The summed E-state index contributed by atoms with van der Waals surface area (Å²) in [6.07, 6.45) is 6.84. The molecule has 0 radical (unpaired) electrons. The highest BCUT2D eigenvalue weighted by Gasteiger charge is 2.16. The third-order valence-electron chi connectivity index (χ3n) is 4.44. The third-order valence-corrected chi connectivity index (χ3v) is 4.44. The van der Waals surface area contributed by atoms with Gasteiger partial charge in [-0.25, -0.2) is 0 Å². The molecule has 4 nitrogen and oxygen atoms in total. The summed E-state index contributed by atoms with van der Waals surface area (Å²) in [5, 5.41) is 11.3. The normalized spacial score (nSPS) is 15.0. The maximum atomic E-state index is 12.0. The number of azo groups is 1. The molecule has 0 saturated heterocycles. The molecule has 1 fully saturated rings. The Morgan fingerprint density at radius 2 is 1.54 bits per heavy atom. The van der Waals surface area contributed by atoms with Crippen LogP contribution in [0.25, 0.3) is 0 Å². The predicted octanol–water partition coefficient (Wildman–Crippen LogP) is 6.01. The predicted molar refractivity (Wildman–Crippen MR) is 96.9 cm³/mol. The smallest absolute Gasteiger partial charge is 0.224 e. The van der Waals surface area contributed by atoms with E-state index < -0.39 is 0 Å². The summed E-state index contributed by atoms with van der Waals surface area (Å²) in [6.45, 7) is 0. The van der Waals surface area contributed by atoms with E-state index >= 15 is 0 Å². The van der Waals surface area contributed by atoms with Crippen LogP contribution in [0.2, 0.25) is 0 Å². The molecule has 1 aliphatic rings. The number of rotatable bonds is 6. The van der Waals surface area contributed by atoms with E-state index in [0.29, 0.717) is 6.42 Å². The van der Waals surface area contributed by atoms with Crippen molar-refractivity contribution in [2.45, 2.75) is 38.5 Å². The lowest BCUT2D eigenvalue weighted by atomic mass is 10.0. The lowest BCUT2D eigenvalue weighted by molar-refractivity contribution is -0.116. The van der Waals surface area contributed by atoms with E-state index in [4.69, 9.17) is 0 Å². The fraction of sp³-hybridized carbons (Fsp3) is 0.350. The minimum Gasteiger partial charge on any atom is -0.326 e. The van der Waals surface area contributed by atoms with E-state index in [1.807, 2.05) is 54.6 Å². The molecule has 0 aliphatic heterocycles. The second kappa shape index (κ2) is 8.39. The Labute approximate surface area is 143 Å². The zero-order chi connectivity index (χ0) is 16.6. The molecule has 0 spiro atoms. The second-order valence-electron chi connectivity index (χ2n) is 6.32. The highest BCUT2D eigenvalue weighted by Crippen LogP contribution is 2.28. The molecule has 0 aromatic heterocycles. The first kappa shape index (κ1) is 16.4. The van der Waals surface area contributed by atoms with E-state index in [2.05, 4.69) is 15.5 Å². The van der Waals surface area contributed by atoms with Crippen LogP contribution in [0.5, 0.6) is 0 Å². The number of hydrogen-bond acceptors (Lipinski definition) is 3. The molecule has 1 aliphatic carbocycles. The largest absolute Gasteiger partial charge is 0.326 e. The summed E-state index contributed by atoms with van der Waals surface area (Å²) in [5.41, 5.74) is 2.40. The summed E-state index contributed by atoms with van der Waals surface area (Å²) in [6, 6.07) is 17.1. The SMILES string of the molecule is O=C(CCC1CCCC1)Nc1ccc(N=Nc2ccccc2)cc1. The zero-order valence-electron chi connectivity index (χ0n) is 13.8. The molecule has 4 heteroatoms. The van der Waals surface area contributed by atoms with Crippen molar-refractivity contribution in [3.63, 3.8) is 0 Å². The highest BCUT2D eigenvalue weighted by molar-refractivity contribution is 5.90. The van der Waals surface area contributed by atoms with Gasteiger partial charge >= 0.3 is 0 Å². The van der Waals surface area contributed by atoms with Gasteiger partial charge in [-0.2, -0.15) is 10.2 Å². The molecule has 2 aromatic carbocycles. The summed E-state index contributed by atoms with van der Waals surface area (Å²) in [4.78, 5) is 12.0. The standard InChI is InChI=1S/C20H23N3O/c24-20(15-10-16-6-4-5-7-16)21-17-11-13-19(14-12-17)23-22-18-8-2-1-3-9-18/h1-3,8-9,11-14,16H,4-7,10,15H2,(H,21,24). The third kappa shape index (κ3) is 5.01. The molecular weight excluding hydrogens is 298 g/mol. The molecule has 0 heterocycles. The first-order chi connectivity index (χ1) is 11.8. The quantitative estimate of drug-likeness (QED) is 0.651. The maximum absolute atomic E-state index is 12.0. The average Bonchev–Trinajstić information content (AvgIpc) is 3.14. The van der Waals surface area contributed by atoms with Gasteiger partial charge in [0.1, 0.15) is 0 Å². The Balaban J connectivity index is 1.48. The summed E-state index contributed by atoms with van der Waals surface area (Å²) >= 11 is 0.